The minimum Gasteiger partial charge on any atom is -0.467 e. The van der Waals surface area contributed by atoms with Gasteiger partial charge in [0.2, 0.25) is 11.8 Å². The maximum atomic E-state index is 12.5. The fourth-order valence-corrected chi connectivity index (χ4v) is 4.36. The van der Waals surface area contributed by atoms with Crippen LogP contribution in [0, 0.1) is 0 Å². The lowest BCUT2D eigenvalue weighted by atomic mass is 10.1. The molecule has 3 aromatic rings. The zero-order chi connectivity index (χ0) is 20.8. The first-order valence-corrected chi connectivity index (χ1v) is 10.9. The number of anilines is 1. The van der Waals surface area contributed by atoms with E-state index in [9.17, 15) is 9.59 Å². The summed E-state index contributed by atoms with van der Waals surface area (Å²) < 4.78 is 10.9. The molecule has 1 aliphatic rings. The fourth-order valence-electron chi connectivity index (χ4n) is 3.47. The van der Waals surface area contributed by atoms with Crippen molar-refractivity contribution in [2.75, 3.05) is 11.9 Å². The number of carbonyl (C=O) groups excluding carboxylic acids is 2. The summed E-state index contributed by atoms with van der Waals surface area (Å²) in [5, 5.41) is 4.95. The second kappa shape index (κ2) is 9.73. The van der Waals surface area contributed by atoms with Gasteiger partial charge in [-0.2, -0.15) is 0 Å². The van der Waals surface area contributed by atoms with Crippen LogP contribution in [0.5, 0.6) is 0 Å². The smallest absolute Gasteiger partial charge is 0.224 e. The highest BCUT2D eigenvalue weighted by Crippen LogP contribution is 2.24. The molecule has 0 aliphatic carbocycles. The van der Waals surface area contributed by atoms with Crippen molar-refractivity contribution in [1.82, 2.24) is 4.90 Å². The number of carbonyl (C=O) groups is 2. The van der Waals surface area contributed by atoms with Crippen LogP contribution in [0.25, 0.3) is 0 Å². The molecule has 7 heteroatoms. The molecule has 1 aliphatic heterocycles. The van der Waals surface area contributed by atoms with E-state index >= 15 is 0 Å². The van der Waals surface area contributed by atoms with Crippen molar-refractivity contribution in [2.24, 2.45) is 0 Å². The standard InChI is InChI=1S/C23H24N2O4S/c26-22(6-7-23(27)25-10-8-21-18(14-25)9-12-30-21)24-19-4-1-3-17(13-19)15-28-16-20-5-2-11-29-20/h1-5,9,11-13H,6-8,10,14-16H2,(H,24,26). The molecule has 2 aromatic heterocycles. The van der Waals surface area contributed by atoms with Crippen LogP contribution in [0.1, 0.15) is 34.6 Å². The second-order valence-electron chi connectivity index (χ2n) is 7.26. The summed E-state index contributed by atoms with van der Waals surface area (Å²) in [4.78, 5) is 28.0. The average Bonchev–Trinajstić information content (AvgIpc) is 3.43. The molecular weight excluding hydrogens is 400 g/mol. The molecule has 0 radical (unpaired) electrons. The van der Waals surface area contributed by atoms with Crippen molar-refractivity contribution in [2.45, 2.75) is 39.0 Å². The summed E-state index contributed by atoms with van der Waals surface area (Å²) in [6.45, 7) is 2.20. The molecule has 0 bridgehead atoms. The molecule has 156 valence electrons. The predicted molar refractivity (Wildman–Crippen MR) is 115 cm³/mol. The summed E-state index contributed by atoms with van der Waals surface area (Å²) in [6, 6.07) is 13.3. The molecule has 0 atom stereocenters. The van der Waals surface area contributed by atoms with Crippen molar-refractivity contribution in [3.63, 3.8) is 0 Å². The lowest BCUT2D eigenvalue weighted by Gasteiger charge is -2.27. The second-order valence-corrected chi connectivity index (χ2v) is 8.26. The molecule has 0 saturated carbocycles. The summed E-state index contributed by atoms with van der Waals surface area (Å²) in [7, 11) is 0. The van der Waals surface area contributed by atoms with Crippen LogP contribution in [-0.4, -0.2) is 23.3 Å². The summed E-state index contributed by atoms with van der Waals surface area (Å²) >= 11 is 1.75. The van der Waals surface area contributed by atoms with Crippen LogP contribution in [0.3, 0.4) is 0 Å². The van der Waals surface area contributed by atoms with Gasteiger partial charge < -0.3 is 19.4 Å². The van der Waals surface area contributed by atoms with Gasteiger partial charge in [0.25, 0.3) is 0 Å². The van der Waals surface area contributed by atoms with Crippen molar-refractivity contribution in [1.29, 1.82) is 0 Å². The summed E-state index contributed by atoms with van der Waals surface area (Å²) in [5.41, 5.74) is 2.89. The van der Waals surface area contributed by atoms with Gasteiger partial charge in [-0.3, -0.25) is 9.59 Å². The third-order valence-corrected chi connectivity index (χ3v) is 6.05. The van der Waals surface area contributed by atoms with E-state index in [1.807, 2.05) is 41.3 Å². The predicted octanol–water partition coefficient (Wildman–Crippen LogP) is 4.36. The Hall–Kier alpha value is -2.90. The van der Waals surface area contributed by atoms with Gasteiger partial charge in [-0.25, -0.2) is 0 Å². The van der Waals surface area contributed by atoms with Crippen LogP contribution in [-0.2, 0) is 40.5 Å². The van der Waals surface area contributed by atoms with Gasteiger partial charge in [0.1, 0.15) is 12.4 Å². The van der Waals surface area contributed by atoms with E-state index in [0.717, 1.165) is 24.3 Å². The lowest BCUT2D eigenvalue weighted by Crippen LogP contribution is -2.35. The Morgan fingerprint density at radius 1 is 1.13 bits per heavy atom. The number of rotatable bonds is 8. The minimum absolute atomic E-state index is 0.0297. The van der Waals surface area contributed by atoms with Crippen LogP contribution in [0.15, 0.2) is 58.5 Å². The normalized spacial score (nSPS) is 13.1. The van der Waals surface area contributed by atoms with E-state index in [4.69, 9.17) is 9.15 Å². The SMILES string of the molecule is O=C(CCC(=O)N1CCc2sccc2C1)Nc1cccc(COCc2ccco2)c1. The van der Waals surface area contributed by atoms with E-state index in [0.29, 0.717) is 25.4 Å². The van der Waals surface area contributed by atoms with Crippen LogP contribution >= 0.6 is 11.3 Å². The first-order valence-electron chi connectivity index (χ1n) is 9.99. The molecule has 0 spiro atoms. The highest BCUT2D eigenvalue weighted by atomic mass is 32.1. The molecule has 1 N–H and O–H groups in total. The molecule has 0 unspecified atom stereocenters. The number of hydrogen-bond acceptors (Lipinski definition) is 5. The largest absolute Gasteiger partial charge is 0.467 e. The highest BCUT2D eigenvalue weighted by Gasteiger charge is 2.21. The molecule has 0 fully saturated rings. The zero-order valence-electron chi connectivity index (χ0n) is 16.6. The van der Waals surface area contributed by atoms with Gasteiger partial charge >= 0.3 is 0 Å². The van der Waals surface area contributed by atoms with Crippen LogP contribution < -0.4 is 5.32 Å². The maximum absolute atomic E-state index is 12.5. The Kier molecular flexibility index (Phi) is 6.61. The topological polar surface area (TPSA) is 71.8 Å². The molecule has 30 heavy (non-hydrogen) atoms. The summed E-state index contributed by atoms with van der Waals surface area (Å²) in [5.74, 6) is 0.639. The number of ether oxygens (including phenoxy) is 1. The fraction of sp³-hybridized carbons (Fsp3) is 0.304. The van der Waals surface area contributed by atoms with Crippen LogP contribution in [0.4, 0.5) is 5.69 Å². The third kappa shape index (κ3) is 5.37. The van der Waals surface area contributed by atoms with Crippen LogP contribution in [0.2, 0.25) is 0 Å². The number of thiophene rings is 1. The molecule has 1 aromatic carbocycles. The van der Waals surface area contributed by atoms with Crippen molar-refractivity contribution in [3.8, 4) is 0 Å². The van der Waals surface area contributed by atoms with Crippen molar-refractivity contribution in [3.05, 3.63) is 75.9 Å². The quantitative estimate of drug-likeness (QED) is 0.583. The maximum Gasteiger partial charge on any atom is 0.224 e. The minimum atomic E-state index is -0.162. The molecule has 2 amide bonds. The Bertz CT molecular complexity index is 996. The van der Waals surface area contributed by atoms with Gasteiger partial charge in [-0.05, 0) is 53.3 Å². The Morgan fingerprint density at radius 2 is 2.07 bits per heavy atom. The zero-order valence-corrected chi connectivity index (χ0v) is 17.5. The van der Waals surface area contributed by atoms with E-state index < -0.39 is 0 Å². The number of benzene rings is 1. The van der Waals surface area contributed by atoms with E-state index in [1.54, 1.807) is 17.6 Å². The number of nitrogens with one attached hydrogen (secondary N) is 1. The van der Waals surface area contributed by atoms with Gasteiger partial charge in [-0.1, -0.05) is 12.1 Å². The first-order chi connectivity index (χ1) is 14.7. The average molecular weight is 425 g/mol. The number of fused-ring (bicyclic) bond motifs is 1. The number of furan rings is 1. The molecule has 3 heterocycles. The van der Waals surface area contributed by atoms with Crippen molar-refractivity contribution < 1.29 is 18.7 Å². The Morgan fingerprint density at radius 3 is 2.93 bits per heavy atom. The van der Waals surface area contributed by atoms with E-state index in [-0.39, 0.29) is 24.7 Å². The number of hydrogen-bond donors (Lipinski definition) is 1. The lowest BCUT2D eigenvalue weighted by molar-refractivity contribution is -0.133. The van der Waals surface area contributed by atoms with Gasteiger partial charge in [0.05, 0.1) is 12.9 Å². The third-order valence-electron chi connectivity index (χ3n) is 5.03. The van der Waals surface area contributed by atoms with Gasteiger partial charge in [0.15, 0.2) is 0 Å². The van der Waals surface area contributed by atoms with Crippen molar-refractivity contribution >= 4 is 28.8 Å². The monoisotopic (exact) mass is 424 g/mol. The number of nitrogens with zero attached hydrogens (tertiary/aromatic N) is 1. The Balaban J connectivity index is 1.21. The molecule has 6 nitrogen and oxygen atoms in total. The van der Waals surface area contributed by atoms with Gasteiger partial charge in [-0.15, -0.1) is 11.3 Å². The first kappa shape index (κ1) is 20.4. The number of amides is 2. The van der Waals surface area contributed by atoms with Gasteiger partial charge in [0, 0.05) is 36.5 Å². The van der Waals surface area contributed by atoms with E-state index in [2.05, 4.69) is 16.8 Å². The molecule has 4 rings (SSSR count). The van der Waals surface area contributed by atoms with E-state index in [1.165, 1.54) is 10.4 Å². The molecule has 0 saturated heterocycles. The highest BCUT2D eigenvalue weighted by molar-refractivity contribution is 7.10. The Labute approximate surface area is 179 Å². The molecular formula is C23H24N2O4S. The summed E-state index contributed by atoms with van der Waals surface area (Å²) in [6.07, 6.45) is 2.91.